The molecule has 0 saturated carbocycles. The Hall–Kier alpha value is -3.71. The number of nitrogens with one attached hydrogen (secondary N) is 1. The molecule has 0 aliphatic carbocycles. The summed E-state index contributed by atoms with van der Waals surface area (Å²) in [5, 5.41) is 13.0. The van der Waals surface area contributed by atoms with Crippen molar-refractivity contribution < 1.29 is 37.4 Å². The Kier molecular flexibility index (Phi) is 9.76. The van der Waals surface area contributed by atoms with Gasteiger partial charge in [-0.15, -0.1) is 0 Å². The van der Waals surface area contributed by atoms with Crippen LogP contribution in [-0.2, 0) is 26.1 Å². The van der Waals surface area contributed by atoms with Gasteiger partial charge in [0.2, 0.25) is 16.0 Å². The SMILES string of the molecule is COc1ccc(OC)c(S(=O)(=O)NC(Cc2ccc(OCCCON=C(N)N)cc2)C(=O)O)c1. The number of hydrogen-bond donors (Lipinski definition) is 4. The summed E-state index contributed by atoms with van der Waals surface area (Å²) in [5.41, 5.74) is 10.9. The van der Waals surface area contributed by atoms with Gasteiger partial charge in [-0.25, -0.2) is 8.42 Å². The highest BCUT2D eigenvalue weighted by atomic mass is 32.2. The molecule has 0 aliphatic heterocycles. The van der Waals surface area contributed by atoms with Crippen molar-refractivity contribution in [3.8, 4) is 17.2 Å². The molecule has 0 aliphatic rings. The lowest BCUT2D eigenvalue weighted by Crippen LogP contribution is -2.42. The van der Waals surface area contributed by atoms with Crippen molar-refractivity contribution >= 4 is 22.0 Å². The highest BCUT2D eigenvalue weighted by Gasteiger charge is 2.28. The molecular formula is C21H28N4O8S. The minimum atomic E-state index is -4.23. The summed E-state index contributed by atoms with van der Waals surface area (Å²) in [7, 11) is -1.53. The summed E-state index contributed by atoms with van der Waals surface area (Å²) in [6, 6.07) is 9.43. The fraction of sp³-hybridized carbons (Fsp3) is 0.333. The molecule has 34 heavy (non-hydrogen) atoms. The van der Waals surface area contributed by atoms with Gasteiger partial charge in [-0.05, 0) is 41.4 Å². The van der Waals surface area contributed by atoms with Crippen molar-refractivity contribution in [2.45, 2.75) is 23.8 Å². The minimum absolute atomic E-state index is 0.0580. The van der Waals surface area contributed by atoms with Crippen molar-refractivity contribution in [2.75, 3.05) is 27.4 Å². The first-order valence-corrected chi connectivity index (χ1v) is 11.5. The second kappa shape index (κ2) is 12.5. The zero-order valence-corrected chi connectivity index (χ0v) is 19.6. The van der Waals surface area contributed by atoms with Crippen LogP contribution in [0.25, 0.3) is 0 Å². The van der Waals surface area contributed by atoms with E-state index in [1.54, 1.807) is 24.3 Å². The Morgan fingerprint density at radius 2 is 1.74 bits per heavy atom. The molecular weight excluding hydrogens is 468 g/mol. The first-order valence-electron chi connectivity index (χ1n) is 10.1. The molecule has 0 spiro atoms. The number of rotatable bonds is 14. The van der Waals surface area contributed by atoms with E-state index in [0.717, 1.165) is 0 Å². The van der Waals surface area contributed by atoms with E-state index in [1.165, 1.54) is 32.4 Å². The lowest BCUT2D eigenvalue weighted by atomic mass is 10.1. The highest BCUT2D eigenvalue weighted by Crippen LogP contribution is 2.28. The van der Waals surface area contributed by atoms with E-state index >= 15 is 0 Å². The molecule has 0 radical (unpaired) electrons. The van der Waals surface area contributed by atoms with Gasteiger partial charge in [-0.2, -0.15) is 4.72 Å². The second-order valence-corrected chi connectivity index (χ2v) is 8.61. The standard InChI is InChI=1S/C21H28N4O8S/c1-30-16-8-9-18(31-2)19(13-16)34(28,29)25-17(20(26)27)12-14-4-6-15(7-5-14)32-10-3-11-33-24-21(22)23/h4-9,13,17,25H,3,10-12H2,1-2H3,(H,26,27)(H4,22,23,24). The average Bonchev–Trinajstić information content (AvgIpc) is 2.81. The zero-order chi connectivity index (χ0) is 25.1. The van der Waals surface area contributed by atoms with Gasteiger partial charge < -0.3 is 35.6 Å². The van der Waals surface area contributed by atoms with Crippen LogP contribution < -0.4 is 30.4 Å². The summed E-state index contributed by atoms with van der Waals surface area (Å²) in [4.78, 5) is 16.4. The van der Waals surface area contributed by atoms with Gasteiger partial charge in [-0.1, -0.05) is 12.1 Å². The third-order valence-electron chi connectivity index (χ3n) is 4.44. The number of carboxylic acids is 1. The topological polar surface area (TPSA) is 185 Å². The van der Waals surface area contributed by atoms with E-state index in [0.29, 0.717) is 24.3 Å². The summed E-state index contributed by atoms with van der Waals surface area (Å²) in [5.74, 6) is -0.596. The lowest BCUT2D eigenvalue weighted by molar-refractivity contribution is -0.138. The fourth-order valence-corrected chi connectivity index (χ4v) is 4.19. The zero-order valence-electron chi connectivity index (χ0n) is 18.8. The van der Waals surface area contributed by atoms with Gasteiger partial charge in [-0.3, -0.25) is 4.79 Å². The monoisotopic (exact) mass is 496 g/mol. The number of benzene rings is 2. The van der Waals surface area contributed by atoms with E-state index in [2.05, 4.69) is 9.88 Å². The molecule has 0 fully saturated rings. The van der Waals surface area contributed by atoms with Gasteiger partial charge in [0.15, 0.2) is 0 Å². The molecule has 0 heterocycles. The second-order valence-electron chi connectivity index (χ2n) is 6.93. The number of methoxy groups -OCH3 is 2. The predicted octanol–water partition coefficient (Wildman–Crippen LogP) is 0.652. The van der Waals surface area contributed by atoms with Crippen LogP contribution in [0.5, 0.6) is 17.2 Å². The molecule has 12 nitrogen and oxygen atoms in total. The van der Waals surface area contributed by atoms with Crippen molar-refractivity contribution in [3.63, 3.8) is 0 Å². The summed E-state index contributed by atoms with van der Waals surface area (Å²) in [6.45, 7) is 0.619. The maximum atomic E-state index is 12.9. The van der Waals surface area contributed by atoms with E-state index in [1.807, 2.05) is 0 Å². The van der Waals surface area contributed by atoms with E-state index in [-0.39, 0.29) is 35.4 Å². The molecule has 0 amide bonds. The number of sulfonamides is 1. The molecule has 1 atom stereocenters. The van der Waals surface area contributed by atoms with Gasteiger partial charge >= 0.3 is 5.97 Å². The number of carbonyl (C=O) groups is 1. The number of hydrogen-bond acceptors (Lipinski definition) is 8. The van der Waals surface area contributed by atoms with Crippen LogP contribution in [0.3, 0.4) is 0 Å². The summed E-state index contributed by atoms with van der Waals surface area (Å²) >= 11 is 0. The summed E-state index contributed by atoms with van der Waals surface area (Å²) < 4.78 is 43.8. The maximum absolute atomic E-state index is 12.9. The Morgan fingerprint density at radius 1 is 1.06 bits per heavy atom. The molecule has 0 bridgehead atoms. The Labute approximate surface area is 197 Å². The number of nitrogens with zero attached hydrogens (tertiary/aromatic N) is 1. The largest absolute Gasteiger partial charge is 0.497 e. The Balaban J connectivity index is 2.02. The van der Waals surface area contributed by atoms with Crippen molar-refractivity contribution in [1.29, 1.82) is 0 Å². The normalized spacial score (nSPS) is 11.8. The maximum Gasteiger partial charge on any atom is 0.322 e. The highest BCUT2D eigenvalue weighted by molar-refractivity contribution is 7.89. The number of carboxylic acid groups (broad SMARTS) is 1. The number of guanidine groups is 1. The van der Waals surface area contributed by atoms with Crippen LogP contribution in [0, 0.1) is 0 Å². The van der Waals surface area contributed by atoms with Gasteiger partial charge in [0.1, 0.15) is 34.8 Å². The quantitative estimate of drug-likeness (QED) is 0.125. The molecule has 2 aromatic carbocycles. The van der Waals surface area contributed by atoms with Crippen LogP contribution in [0.4, 0.5) is 0 Å². The van der Waals surface area contributed by atoms with Crippen LogP contribution >= 0.6 is 0 Å². The Morgan fingerprint density at radius 3 is 2.32 bits per heavy atom. The molecule has 0 aromatic heterocycles. The molecule has 2 rings (SSSR count). The van der Waals surface area contributed by atoms with Crippen LogP contribution in [0.15, 0.2) is 52.5 Å². The van der Waals surface area contributed by atoms with Crippen molar-refractivity contribution in [3.05, 3.63) is 48.0 Å². The third-order valence-corrected chi connectivity index (χ3v) is 5.93. The first kappa shape index (κ1) is 26.5. The molecule has 0 saturated heterocycles. The van der Waals surface area contributed by atoms with Gasteiger partial charge in [0, 0.05) is 12.5 Å². The van der Waals surface area contributed by atoms with Gasteiger partial charge in [0.25, 0.3) is 0 Å². The smallest absolute Gasteiger partial charge is 0.322 e. The van der Waals surface area contributed by atoms with Crippen molar-refractivity contribution in [1.82, 2.24) is 4.72 Å². The molecule has 6 N–H and O–H groups in total. The fourth-order valence-electron chi connectivity index (χ4n) is 2.82. The van der Waals surface area contributed by atoms with Crippen LogP contribution in [0.1, 0.15) is 12.0 Å². The Bertz CT molecular complexity index is 1090. The lowest BCUT2D eigenvalue weighted by Gasteiger charge is -2.17. The molecule has 1 unspecified atom stereocenters. The minimum Gasteiger partial charge on any atom is -0.497 e. The van der Waals surface area contributed by atoms with Gasteiger partial charge in [0.05, 0.1) is 20.8 Å². The summed E-state index contributed by atoms with van der Waals surface area (Å²) in [6.07, 6.45) is 0.447. The average molecular weight is 497 g/mol. The third kappa shape index (κ3) is 8.01. The van der Waals surface area contributed by atoms with E-state index in [9.17, 15) is 18.3 Å². The number of nitrogens with two attached hydrogens (primary N) is 2. The number of oxime groups is 1. The molecule has 186 valence electrons. The predicted molar refractivity (Wildman–Crippen MR) is 123 cm³/mol. The molecule has 13 heteroatoms. The van der Waals surface area contributed by atoms with Crippen LogP contribution in [0.2, 0.25) is 0 Å². The van der Waals surface area contributed by atoms with E-state index < -0.39 is 22.0 Å². The van der Waals surface area contributed by atoms with Crippen molar-refractivity contribution in [2.24, 2.45) is 16.6 Å². The first-order chi connectivity index (χ1) is 16.2. The van der Waals surface area contributed by atoms with Crippen LogP contribution in [-0.4, -0.2) is 58.9 Å². The number of aliphatic carboxylic acids is 1. The van der Waals surface area contributed by atoms with E-state index in [4.69, 9.17) is 30.5 Å². The number of ether oxygens (including phenoxy) is 3. The molecule has 2 aromatic rings.